The zero-order chi connectivity index (χ0) is 10.1. The van der Waals surface area contributed by atoms with Gasteiger partial charge in [0, 0.05) is 12.1 Å². The molecule has 1 aliphatic carbocycles. The van der Waals surface area contributed by atoms with Crippen molar-refractivity contribution in [2.45, 2.75) is 12.0 Å². The van der Waals surface area contributed by atoms with Crippen LogP contribution in [0.5, 0.6) is 0 Å². The summed E-state index contributed by atoms with van der Waals surface area (Å²) in [4.78, 5) is 11.3. The Hall–Kier alpha value is -0.310. The van der Waals surface area contributed by atoms with E-state index in [4.69, 9.17) is 27.9 Å². The lowest BCUT2D eigenvalue weighted by Crippen LogP contribution is -2.38. The minimum absolute atomic E-state index is 0.109. The molecule has 0 bridgehead atoms. The van der Waals surface area contributed by atoms with E-state index in [9.17, 15) is 4.79 Å². The van der Waals surface area contributed by atoms with E-state index >= 15 is 0 Å². The third-order valence-corrected chi connectivity index (χ3v) is 2.81. The van der Waals surface area contributed by atoms with Crippen LogP contribution in [0.2, 0.25) is 0 Å². The highest BCUT2D eigenvalue weighted by Crippen LogP contribution is 2.38. The van der Waals surface area contributed by atoms with E-state index in [0.717, 1.165) is 0 Å². The van der Waals surface area contributed by atoms with Crippen LogP contribution < -0.4 is 0 Å². The van der Waals surface area contributed by atoms with Crippen LogP contribution in [0.4, 0.5) is 0 Å². The number of Topliss-reactive ketones (excluding diaryl/α,β-unsaturated/α-hetero) is 1. The predicted molar refractivity (Wildman–Crippen MR) is 52.8 cm³/mol. The second-order valence-corrected chi connectivity index (χ2v) is 3.88. The molecule has 2 atom stereocenters. The normalized spacial score (nSPS) is 32.9. The van der Waals surface area contributed by atoms with Gasteiger partial charge in [-0.05, 0) is 19.1 Å². The summed E-state index contributed by atoms with van der Waals surface area (Å²) in [5.41, 5.74) is 0. The van der Waals surface area contributed by atoms with Crippen molar-refractivity contribution >= 4 is 29.0 Å². The Morgan fingerprint density at radius 2 is 2.31 bits per heavy atom. The van der Waals surface area contributed by atoms with Crippen molar-refractivity contribution in [2.75, 3.05) is 7.11 Å². The van der Waals surface area contributed by atoms with E-state index < -0.39 is 11.0 Å². The maximum absolute atomic E-state index is 11.3. The van der Waals surface area contributed by atoms with Crippen molar-refractivity contribution in [3.8, 4) is 0 Å². The highest BCUT2D eigenvalue weighted by molar-refractivity contribution is 6.34. The molecule has 0 aromatic carbocycles. The van der Waals surface area contributed by atoms with Crippen LogP contribution in [0.3, 0.4) is 0 Å². The van der Waals surface area contributed by atoms with Gasteiger partial charge in [0.05, 0.1) is 5.92 Å². The molecule has 0 heterocycles. The van der Waals surface area contributed by atoms with Gasteiger partial charge in [0.1, 0.15) is 5.78 Å². The summed E-state index contributed by atoms with van der Waals surface area (Å²) in [6, 6.07) is 0. The zero-order valence-corrected chi connectivity index (χ0v) is 8.89. The lowest BCUT2D eigenvalue weighted by atomic mass is 9.93. The molecular formula is C9H10Cl2O2. The van der Waals surface area contributed by atoms with Gasteiger partial charge in [-0.2, -0.15) is 0 Å². The fraction of sp³-hybridized carbons (Fsp3) is 0.444. The topological polar surface area (TPSA) is 26.3 Å². The third-order valence-electron chi connectivity index (χ3n) is 1.97. The summed E-state index contributed by atoms with van der Waals surface area (Å²) in [5, 5.41) is -0.718. The Morgan fingerprint density at radius 1 is 1.69 bits per heavy atom. The van der Waals surface area contributed by atoms with Crippen molar-refractivity contribution in [2.24, 2.45) is 5.92 Å². The summed E-state index contributed by atoms with van der Waals surface area (Å²) < 4.78 is 5.06. The SMILES string of the molecule is COC1(Cl)C=CC=C(Cl)C1C(C)=O. The molecule has 1 rings (SSSR count). The molecule has 2 unspecified atom stereocenters. The molecule has 72 valence electrons. The van der Waals surface area contributed by atoms with Crippen LogP contribution in [0, 0.1) is 5.92 Å². The molecule has 1 aliphatic rings. The molecule has 4 heteroatoms. The first-order valence-electron chi connectivity index (χ1n) is 3.80. The quantitative estimate of drug-likeness (QED) is 0.669. The first kappa shape index (κ1) is 10.8. The van der Waals surface area contributed by atoms with Crippen molar-refractivity contribution in [1.82, 2.24) is 0 Å². The smallest absolute Gasteiger partial charge is 0.174 e. The van der Waals surface area contributed by atoms with Gasteiger partial charge in [-0.15, -0.1) is 0 Å². The number of methoxy groups -OCH3 is 1. The molecule has 0 saturated carbocycles. The average molecular weight is 221 g/mol. The molecule has 0 saturated heterocycles. The minimum Gasteiger partial charge on any atom is -0.358 e. The van der Waals surface area contributed by atoms with Gasteiger partial charge in [-0.25, -0.2) is 0 Å². The Labute approximate surface area is 87.2 Å². The number of hydrogen-bond donors (Lipinski definition) is 0. The molecule has 2 nitrogen and oxygen atoms in total. The van der Waals surface area contributed by atoms with E-state index in [1.807, 2.05) is 0 Å². The number of rotatable bonds is 2. The Kier molecular flexibility index (Phi) is 3.17. The summed E-state index contributed by atoms with van der Waals surface area (Å²) >= 11 is 11.9. The number of carbonyl (C=O) groups excluding carboxylic acids is 1. The molecule has 0 radical (unpaired) electrons. The Balaban J connectivity index is 3.06. The number of allylic oxidation sites excluding steroid dienone is 2. The lowest BCUT2D eigenvalue weighted by Gasteiger charge is -2.31. The van der Waals surface area contributed by atoms with Crippen LogP contribution in [-0.4, -0.2) is 18.0 Å². The van der Waals surface area contributed by atoms with Gasteiger partial charge in [-0.1, -0.05) is 29.3 Å². The van der Waals surface area contributed by atoms with Crippen LogP contribution in [-0.2, 0) is 9.53 Å². The molecule has 0 spiro atoms. The second-order valence-electron chi connectivity index (χ2n) is 2.86. The highest BCUT2D eigenvalue weighted by atomic mass is 35.5. The van der Waals surface area contributed by atoms with E-state index in [0.29, 0.717) is 5.03 Å². The highest BCUT2D eigenvalue weighted by Gasteiger charge is 2.41. The van der Waals surface area contributed by atoms with E-state index in [1.54, 1.807) is 18.2 Å². The molecule has 0 aromatic heterocycles. The lowest BCUT2D eigenvalue weighted by molar-refractivity contribution is -0.123. The van der Waals surface area contributed by atoms with Gasteiger partial charge in [0.15, 0.2) is 5.06 Å². The van der Waals surface area contributed by atoms with Gasteiger partial charge in [0.2, 0.25) is 0 Å². The van der Waals surface area contributed by atoms with Crippen LogP contribution in [0.1, 0.15) is 6.92 Å². The van der Waals surface area contributed by atoms with Crippen LogP contribution in [0.25, 0.3) is 0 Å². The van der Waals surface area contributed by atoms with Crippen molar-refractivity contribution in [3.05, 3.63) is 23.3 Å². The number of alkyl halides is 1. The maximum Gasteiger partial charge on any atom is 0.174 e. The first-order valence-corrected chi connectivity index (χ1v) is 4.56. The van der Waals surface area contributed by atoms with E-state index in [1.165, 1.54) is 14.0 Å². The van der Waals surface area contributed by atoms with Gasteiger partial charge >= 0.3 is 0 Å². The average Bonchev–Trinajstić information content (AvgIpc) is 2.03. The molecule has 0 fully saturated rings. The standard InChI is InChI=1S/C9H10Cl2O2/c1-6(12)8-7(10)4-3-5-9(8,11)13-2/h3-5,8H,1-2H3. The van der Waals surface area contributed by atoms with E-state index in [2.05, 4.69) is 0 Å². The maximum atomic E-state index is 11.3. The second kappa shape index (κ2) is 3.82. The Morgan fingerprint density at radius 3 is 2.69 bits per heavy atom. The van der Waals surface area contributed by atoms with Gasteiger partial charge < -0.3 is 4.74 Å². The minimum atomic E-state index is -1.13. The molecular weight excluding hydrogens is 211 g/mol. The van der Waals surface area contributed by atoms with Gasteiger partial charge in [0.25, 0.3) is 0 Å². The molecule has 0 aromatic rings. The summed E-state index contributed by atoms with van der Waals surface area (Å²) in [6.07, 6.45) is 4.94. The zero-order valence-electron chi connectivity index (χ0n) is 7.38. The summed E-state index contributed by atoms with van der Waals surface area (Å²) in [6.45, 7) is 1.44. The number of ether oxygens (including phenoxy) is 1. The monoisotopic (exact) mass is 220 g/mol. The fourth-order valence-electron chi connectivity index (χ4n) is 1.31. The largest absolute Gasteiger partial charge is 0.358 e. The summed E-state index contributed by atoms with van der Waals surface area (Å²) in [5.74, 6) is -0.715. The Bertz CT molecular complexity index is 283. The van der Waals surface area contributed by atoms with Crippen molar-refractivity contribution in [3.63, 3.8) is 0 Å². The molecule has 0 amide bonds. The van der Waals surface area contributed by atoms with Crippen LogP contribution >= 0.6 is 23.2 Å². The number of carbonyl (C=O) groups is 1. The molecule has 0 aliphatic heterocycles. The predicted octanol–water partition coefficient (Wildman–Crippen LogP) is 2.47. The molecule has 13 heavy (non-hydrogen) atoms. The van der Waals surface area contributed by atoms with Gasteiger partial charge in [-0.3, -0.25) is 4.79 Å². The van der Waals surface area contributed by atoms with Crippen LogP contribution in [0.15, 0.2) is 23.3 Å². The van der Waals surface area contributed by atoms with Crippen molar-refractivity contribution < 1.29 is 9.53 Å². The number of halogens is 2. The summed E-state index contributed by atoms with van der Waals surface area (Å²) in [7, 11) is 1.45. The number of hydrogen-bond acceptors (Lipinski definition) is 2. The molecule has 0 N–H and O–H groups in total. The third kappa shape index (κ3) is 1.96. The first-order chi connectivity index (χ1) is 6.01. The fourth-order valence-corrected chi connectivity index (χ4v) is 2.10. The van der Waals surface area contributed by atoms with E-state index in [-0.39, 0.29) is 5.78 Å². The van der Waals surface area contributed by atoms with Crippen molar-refractivity contribution in [1.29, 1.82) is 0 Å². The number of ketones is 1.